The van der Waals surface area contributed by atoms with E-state index in [1.54, 1.807) is 53.3 Å². The van der Waals surface area contributed by atoms with Crippen molar-refractivity contribution in [2.45, 2.75) is 6.92 Å². The van der Waals surface area contributed by atoms with Gasteiger partial charge in [0.15, 0.2) is 5.65 Å². The average Bonchev–Trinajstić information content (AvgIpc) is 3.68. The molecule has 42 heavy (non-hydrogen) atoms. The second-order valence-electron chi connectivity index (χ2n) is 9.77. The standard InChI is InChI=1S/C31H24FIN8O/c1-19-9-28(33)27(31(42)38-24-11-21(10-23(32)13-24)22-14-35-39(2)17-22)12-20(19)6-7-26-16-34-30-29(5-4-8-41(26)30)37-25-15-36-40(3)18-25/h4-5,8-18,37H,1-3H3,(H,38,42). The van der Waals surface area contributed by atoms with E-state index in [1.165, 1.54) is 12.1 Å². The van der Waals surface area contributed by atoms with Crippen LogP contribution in [0, 0.1) is 28.2 Å². The third kappa shape index (κ3) is 5.61. The minimum atomic E-state index is -0.455. The number of nitrogens with one attached hydrogen (secondary N) is 2. The summed E-state index contributed by atoms with van der Waals surface area (Å²) < 4.78 is 20.5. The van der Waals surface area contributed by atoms with Crippen molar-refractivity contribution in [3.8, 4) is 23.0 Å². The lowest BCUT2D eigenvalue weighted by Crippen LogP contribution is -2.14. The minimum absolute atomic E-state index is 0.351. The van der Waals surface area contributed by atoms with Crippen LogP contribution in [-0.4, -0.2) is 34.9 Å². The Balaban J connectivity index is 1.27. The molecule has 11 heteroatoms. The van der Waals surface area contributed by atoms with Crippen LogP contribution in [0.1, 0.15) is 27.2 Å². The summed E-state index contributed by atoms with van der Waals surface area (Å²) >= 11 is 2.13. The monoisotopic (exact) mass is 670 g/mol. The summed E-state index contributed by atoms with van der Waals surface area (Å²) in [6.45, 7) is 1.95. The Kier molecular flexibility index (Phi) is 7.22. The van der Waals surface area contributed by atoms with Crippen molar-refractivity contribution < 1.29 is 9.18 Å². The van der Waals surface area contributed by atoms with Gasteiger partial charge in [0, 0.05) is 53.1 Å². The number of benzene rings is 2. The smallest absolute Gasteiger partial charge is 0.256 e. The minimum Gasteiger partial charge on any atom is -0.350 e. The van der Waals surface area contributed by atoms with Gasteiger partial charge in [0.05, 0.1) is 35.5 Å². The summed E-state index contributed by atoms with van der Waals surface area (Å²) in [4.78, 5) is 17.9. The number of pyridine rings is 1. The first kappa shape index (κ1) is 27.2. The van der Waals surface area contributed by atoms with Crippen LogP contribution in [0.15, 0.2) is 79.6 Å². The van der Waals surface area contributed by atoms with E-state index in [-0.39, 0.29) is 5.91 Å². The number of carbonyl (C=O) groups is 1. The van der Waals surface area contributed by atoms with E-state index in [1.807, 2.05) is 49.0 Å². The lowest BCUT2D eigenvalue weighted by atomic mass is 10.0. The fourth-order valence-corrected chi connectivity index (χ4v) is 5.42. The normalized spacial score (nSPS) is 10.9. The summed E-state index contributed by atoms with van der Waals surface area (Å²) in [7, 11) is 3.65. The molecule has 4 aromatic heterocycles. The molecule has 0 spiro atoms. The maximum atomic E-state index is 14.4. The molecule has 0 aliphatic heterocycles. The van der Waals surface area contributed by atoms with Crippen LogP contribution >= 0.6 is 22.6 Å². The molecule has 0 fully saturated rings. The van der Waals surface area contributed by atoms with Crippen molar-refractivity contribution in [3.05, 3.63) is 111 Å². The van der Waals surface area contributed by atoms with Gasteiger partial charge in [0.1, 0.15) is 11.5 Å². The van der Waals surface area contributed by atoms with E-state index >= 15 is 0 Å². The highest BCUT2D eigenvalue weighted by Crippen LogP contribution is 2.26. The number of hydrogen-bond acceptors (Lipinski definition) is 5. The Labute approximate surface area is 254 Å². The Morgan fingerprint density at radius 3 is 2.52 bits per heavy atom. The predicted molar refractivity (Wildman–Crippen MR) is 168 cm³/mol. The molecule has 2 N–H and O–H groups in total. The third-order valence-corrected chi connectivity index (χ3v) is 7.49. The first-order chi connectivity index (χ1) is 20.2. The molecule has 4 heterocycles. The van der Waals surface area contributed by atoms with Crippen molar-refractivity contribution in [2.24, 2.45) is 14.1 Å². The molecule has 0 bridgehead atoms. The molecule has 0 saturated heterocycles. The van der Waals surface area contributed by atoms with Gasteiger partial charge < -0.3 is 10.6 Å². The molecule has 0 atom stereocenters. The first-order valence-electron chi connectivity index (χ1n) is 12.9. The molecule has 0 aliphatic carbocycles. The van der Waals surface area contributed by atoms with Gasteiger partial charge in [-0.25, -0.2) is 9.37 Å². The molecule has 6 aromatic rings. The van der Waals surface area contributed by atoms with Crippen LogP contribution in [-0.2, 0) is 14.1 Å². The highest BCUT2D eigenvalue weighted by atomic mass is 127. The lowest BCUT2D eigenvalue weighted by molar-refractivity contribution is 0.102. The van der Waals surface area contributed by atoms with Gasteiger partial charge >= 0.3 is 0 Å². The zero-order valence-corrected chi connectivity index (χ0v) is 25.0. The topological polar surface area (TPSA) is 94.1 Å². The summed E-state index contributed by atoms with van der Waals surface area (Å²) in [5.74, 6) is 5.61. The molecule has 2 aromatic carbocycles. The van der Waals surface area contributed by atoms with Crippen LogP contribution < -0.4 is 10.6 Å². The number of carbonyl (C=O) groups excluding carboxylic acids is 1. The summed E-state index contributed by atoms with van der Waals surface area (Å²) in [6.07, 6.45) is 10.7. The number of amides is 1. The van der Waals surface area contributed by atoms with E-state index < -0.39 is 5.82 Å². The SMILES string of the molecule is Cc1cc(I)c(C(=O)Nc2cc(F)cc(-c3cnn(C)c3)c2)cc1C#Cc1cnc2c(Nc3cnn(C)c3)cccn12. The second kappa shape index (κ2) is 11.1. The number of imidazole rings is 1. The van der Waals surface area contributed by atoms with Crippen molar-refractivity contribution >= 4 is 51.2 Å². The quantitative estimate of drug-likeness (QED) is 0.176. The van der Waals surface area contributed by atoms with Crippen LogP contribution in [0.3, 0.4) is 0 Å². The molecule has 0 saturated carbocycles. The lowest BCUT2D eigenvalue weighted by Gasteiger charge is -2.11. The number of halogens is 2. The Morgan fingerprint density at radius 2 is 1.76 bits per heavy atom. The summed E-state index contributed by atoms with van der Waals surface area (Å²) in [5.41, 5.74) is 6.91. The van der Waals surface area contributed by atoms with Crippen molar-refractivity contribution in [1.82, 2.24) is 28.9 Å². The van der Waals surface area contributed by atoms with E-state index in [0.29, 0.717) is 28.1 Å². The van der Waals surface area contributed by atoms with Gasteiger partial charge in [-0.05, 0) is 89.0 Å². The first-order valence-corrected chi connectivity index (χ1v) is 14.0. The van der Waals surface area contributed by atoms with Gasteiger partial charge in [-0.2, -0.15) is 10.2 Å². The highest BCUT2D eigenvalue weighted by molar-refractivity contribution is 14.1. The molecule has 0 aliphatic rings. The van der Waals surface area contributed by atoms with E-state index in [0.717, 1.165) is 31.7 Å². The fourth-order valence-electron chi connectivity index (χ4n) is 4.55. The van der Waals surface area contributed by atoms with E-state index in [9.17, 15) is 9.18 Å². The predicted octanol–water partition coefficient (Wildman–Crippen LogP) is 5.92. The number of anilines is 3. The summed E-state index contributed by atoms with van der Waals surface area (Å²) in [6, 6.07) is 12.0. The van der Waals surface area contributed by atoms with Gasteiger partial charge in [-0.3, -0.25) is 18.6 Å². The maximum Gasteiger partial charge on any atom is 0.256 e. The largest absolute Gasteiger partial charge is 0.350 e. The molecule has 0 unspecified atom stereocenters. The Bertz CT molecular complexity index is 2050. The third-order valence-electron chi connectivity index (χ3n) is 6.60. The number of nitrogens with zero attached hydrogens (tertiary/aromatic N) is 6. The Hall–Kier alpha value is -4.96. The highest BCUT2D eigenvalue weighted by Gasteiger charge is 2.15. The molecule has 1 amide bonds. The number of aromatic nitrogens is 6. The van der Waals surface area contributed by atoms with Crippen LogP contribution in [0.5, 0.6) is 0 Å². The maximum absolute atomic E-state index is 14.4. The van der Waals surface area contributed by atoms with E-state index in [4.69, 9.17) is 0 Å². The van der Waals surface area contributed by atoms with Crippen molar-refractivity contribution in [2.75, 3.05) is 10.6 Å². The molecule has 9 nitrogen and oxygen atoms in total. The molecular formula is C31H24FIN8O. The summed E-state index contributed by atoms with van der Waals surface area (Å²) in [5, 5.41) is 14.5. The van der Waals surface area contributed by atoms with Gasteiger partial charge in [-0.1, -0.05) is 5.92 Å². The van der Waals surface area contributed by atoms with E-state index in [2.05, 4.69) is 60.2 Å². The number of fused-ring (bicyclic) bond motifs is 1. The average molecular weight is 670 g/mol. The van der Waals surface area contributed by atoms with Crippen LogP contribution in [0.25, 0.3) is 16.8 Å². The number of aryl methyl sites for hydroxylation is 3. The number of rotatable bonds is 5. The molecule has 208 valence electrons. The Morgan fingerprint density at radius 1 is 0.952 bits per heavy atom. The molecule has 0 radical (unpaired) electrons. The molecular weight excluding hydrogens is 646 g/mol. The van der Waals surface area contributed by atoms with Crippen molar-refractivity contribution in [3.63, 3.8) is 0 Å². The molecule has 6 rings (SSSR count). The van der Waals surface area contributed by atoms with Crippen molar-refractivity contribution in [1.29, 1.82) is 0 Å². The zero-order chi connectivity index (χ0) is 29.4. The van der Waals surface area contributed by atoms with Gasteiger partial charge in [-0.15, -0.1) is 0 Å². The zero-order valence-electron chi connectivity index (χ0n) is 22.9. The van der Waals surface area contributed by atoms with Gasteiger partial charge in [0.25, 0.3) is 5.91 Å². The second-order valence-corrected chi connectivity index (χ2v) is 10.9. The van der Waals surface area contributed by atoms with Gasteiger partial charge in [0.2, 0.25) is 0 Å². The van der Waals surface area contributed by atoms with Crippen LogP contribution in [0.4, 0.5) is 21.5 Å². The fraction of sp³-hybridized carbons (Fsp3) is 0.0968. The number of hydrogen-bond donors (Lipinski definition) is 2. The van der Waals surface area contributed by atoms with Crippen LogP contribution in [0.2, 0.25) is 0 Å².